The molecule has 20 heavy (non-hydrogen) atoms. The Morgan fingerprint density at radius 1 is 1.25 bits per heavy atom. The zero-order chi connectivity index (χ0) is 14.0. The van der Waals surface area contributed by atoms with Gasteiger partial charge in [0.1, 0.15) is 0 Å². The standard InChI is InChI=1S/C18H27NO/c1-2-14-6-5-11-18(20,12-9-14)17-16-8-4-3-7-15(16)10-13-19-17/h3-4,7-8,14,17,19-20H,2,5-6,9-13H2,1H3. The number of benzene rings is 1. The third-order valence-corrected chi connectivity index (χ3v) is 5.43. The van der Waals surface area contributed by atoms with Gasteiger partial charge in [0.15, 0.2) is 0 Å². The lowest BCUT2D eigenvalue weighted by Gasteiger charge is -2.40. The van der Waals surface area contributed by atoms with E-state index in [4.69, 9.17) is 0 Å². The van der Waals surface area contributed by atoms with Crippen molar-refractivity contribution in [2.24, 2.45) is 5.92 Å². The van der Waals surface area contributed by atoms with Crippen LogP contribution in [0.3, 0.4) is 0 Å². The maximum Gasteiger partial charge on any atom is 0.0841 e. The van der Waals surface area contributed by atoms with Crippen molar-refractivity contribution < 1.29 is 5.11 Å². The first-order valence-corrected chi connectivity index (χ1v) is 8.26. The van der Waals surface area contributed by atoms with Crippen molar-refractivity contribution in [2.45, 2.75) is 63.5 Å². The molecule has 0 bridgehead atoms. The van der Waals surface area contributed by atoms with Gasteiger partial charge in [-0.15, -0.1) is 0 Å². The molecule has 2 aliphatic rings. The van der Waals surface area contributed by atoms with Crippen LogP contribution in [0.15, 0.2) is 24.3 Å². The summed E-state index contributed by atoms with van der Waals surface area (Å²) in [5.74, 6) is 0.808. The van der Waals surface area contributed by atoms with Crippen LogP contribution >= 0.6 is 0 Å². The fraction of sp³-hybridized carbons (Fsp3) is 0.667. The second-order valence-corrected chi connectivity index (χ2v) is 6.64. The van der Waals surface area contributed by atoms with E-state index in [0.29, 0.717) is 0 Å². The summed E-state index contributed by atoms with van der Waals surface area (Å²) in [7, 11) is 0. The number of hydrogen-bond acceptors (Lipinski definition) is 2. The molecule has 0 spiro atoms. The van der Waals surface area contributed by atoms with E-state index in [1.54, 1.807) is 0 Å². The lowest BCUT2D eigenvalue weighted by molar-refractivity contribution is -0.0163. The van der Waals surface area contributed by atoms with Gasteiger partial charge < -0.3 is 10.4 Å². The van der Waals surface area contributed by atoms with Crippen molar-refractivity contribution in [1.82, 2.24) is 5.32 Å². The lowest BCUT2D eigenvalue weighted by atomic mass is 9.78. The Labute approximate surface area is 122 Å². The SMILES string of the molecule is CCC1CCCC(O)(C2NCCc3ccccc32)CC1. The van der Waals surface area contributed by atoms with Crippen LogP contribution in [0.2, 0.25) is 0 Å². The summed E-state index contributed by atoms with van der Waals surface area (Å²) in [6, 6.07) is 8.77. The normalized spacial score (nSPS) is 34.3. The number of fused-ring (bicyclic) bond motifs is 1. The van der Waals surface area contributed by atoms with Gasteiger partial charge in [0.05, 0.1) is 11.6 Å². The van der Waals surface area contributed by atoms with Gasteiger partial charge in [0.2, 0.25) is 0 Å². The van der Waals surface area contributed by atoms with Crippen LogP contribution in [0.1, 0.15) is 62.6 Å². The molecule has 3 rings (SSSR count). The summed E-state index contributed by atoms with van der Waals surface area (Å²) in [6.45, 7) is 3.27. The van der Waals surface area contributed by atoms with Gasteiger partial charge in [-0.25, -0.2) is 0 Å². The van der Waals surface area contributed by atoms with Crippen molar-refractivity contribution in [2.75, 3.05) is 6.54 Å². The largest absolute Gasteiger partial charge is 0.388 e. The van der Waals surface area contributed by atoms with Gasteiger partial charge in [-0.3, -0.25) is 0 Å². The quantitative estimate of drug-likeness (QED) is 0.807. The Morgan fingerprint density at radius 3 is 2.95 bits per heavy atom. The molecule has 3 unspecified atom stereocenters. The molecular weight excluding hydrogens is 246 g/mol. The highest BCUT2D eigenvalue weighted by Gasteiger charge is 2.40. The Balaban J connectivity index is 1.85. The Hall–Kier alpha value is -0.860. The van der Waals surface area contributed by atoms with Crippen molar-refractivity contribution in [3.8, 4) is 0 Å². The lowest BCUT2D eigenvalue weighted by Crippen LogP contribution is -2.46. The second kappa shape index (κ2) is 5.87. The fourth-order valence-electron chi connectivity index (χ4n) is 4.10. The molecular formula is C18H27NO. The Morgan fingerprint density at radius 2 is 2.10 bits per heavy atom. The van der Waals surface area contributed by atoms with Gasteiger partial charge in [-0.1, -0.05) is 50.5 Å². The van der Waals surface area contributed by atoms with Crippen LogP contribution in [0.5, 0.6) is 0 Å². The van der Waals surface area contributed by atoms with Crippen LogP contribution in [-0.4, -0.2) is 17.3 Å². The summed E-state index contributed by atoms with van der Waals surface area (Å²) >= 11 is 0. The first kappa shape index (κ1) is 14.1. The smallest absolute Gasteiger partial charge is 0.0841 e. The molecule has 2 heteroatoms. The van der Waals surface area contributed by atoms with E-state index in [0.717, 1.165) is 38.1 Å². The van der Waals surface area contributed by atoms with Crippen molar-refractivity contribution in [3.63, 3.8) is 0 Å². The number of aliphatic hydroxyl groups is 1. The van der Waals surface area contributed by atoms with E-state index in [-0.39, 0.29) is 6.04 Å². The van der Waals surface area contributed by atoms with E-state index < -0.39 is 5.60 Å². The van der Waals surface area contributed by atoms with E-state index in [2.05, 4.69) is 36.5 Å². The predicted octanol–water partition coefficient (Wildman–Crippen LogP) is 3.59. The Bertz CT molecular complexity index is 458. The topological polar surface area (TPSA) is 32.3 Å². The molecule has 0 amide bonds. The van der Waals surface area contributed by atoms with Crippen LogP contribution in [-0.2, 0) is 6.42 Å². The van der Waals surface area contributed by atoms with Gasteiger partial charge in [-0.2, -0.15) is 0 Å². The van der Waals surface area contributed by atoms with Gasteiger partial charge >= 0.3 is 0 Å². The van der Waals surface area contributed by atoms with E-state index in [9.17, 15) is 5.11 Å². The van der Waals surface area contributed by atoms with E-state index in [1.165, 1.54) is 30.4 Å². The van der Waals surface area contributed by atoms with Crippen LogP contribution < -0.4 is 5.32 Å². The zero-order valence-corrected chi connectivity index (χ0v) is 12.6. The molecule has 0 saturated heterocycles. The monoisotopic (exact) mass is 273 g/mol. The molecule has 0 radical (unpaired) electrons. The van der Waals surface area contributed by atoms with Crippen LogP contribution in [0.25, 0.3) is 0 Å². The van der Waals surface area contributed by atoms with Crippen molar-refractivity contribution in [3.05, 3.63) is 35.4 Å². The third-order valence-electron chi connectivity index (χ3n) is 5.43. The molecule has 1 aromatic carbocycles. The number of nitrogens with one attached hydrogen (secondary N) is 1. The van der Waals surface area contributed by atoms with Crippen LogP contribution in [0.4, 0.5) is 0 Å². The van der Waals surface area contributed by atoms with Gasteiger partial charge in [-0.05, 0) is 49.3 Å². The summed E-state index contributed by atoms with van der Waals surface area (Å²) in [6.07, 6.45) is 7.84. The molecule has 1 fully saturated rings. The molecule has 1 aliphatic carbocycles. The second-order valence-electron chi connectivity index (χ2n) is 6.64. The average molecular weight is 273 g/mol. The molecule has 2 N–H and O–H groups in total. The molecule has 3 atom stereocenters. The maximum absolute atomic E-state index is 11.3. The minimum absolute atomic E-state index is 0.128. The highest BCUT2D eigenvalue weighted by molar-refractivity contribution is 5.34. The summed E-state index contributed by atoms with van der Waals surface area (Å²) < 4.78 is 0. The van der Waals surface area contributed by atoms with E-state index in [1.807, 2.05) is 0 Å². The summed E-state index contributed by atoms with van der Waals surface area (Å²) in [5.41, 5.74) is 2.19. The molecule has 1 aliphatic heterocycles. The molecule has 2 nitrogen and oxygen atoms in total. The average Bonchev–Trinajstić information content (AvgIpc) is 2.69. The molecule has 1 aromatic rings. The highest BCUT2D eigenvalue weighted by atomic mass is 16.3. The number of hydrogen-bond donors (Lipinski definition) is 2. The molecule has 1 saturated carbocycles. The summed E-state index contributed by atoms with van der Waals surface area (Å²) in [5, 5.41) is 14.9. The first-order valence-electron chi connectivity index (χ1n) is 8.26. The van der Waals surface area contributed by atoms with Crippen molar-refractivity contribution >= 4 is 0 Å². The molecule has 1 heterocycles. The first-order chi connectivity index (χ1) is 9.73. The van der Waals surface area contributed by atoms with Gasteiger partial charge in [0, 0.05) is 0 Å². The summed E-state index contributed by atoms with van der Waals surface area (Å²) in [4.78, 5) is 0. The zero-order valence-electron chi connectivity index (χ0n) is 12.6. The van der Waals surface area contributed by atoms with E-state index >= 15 is 0 Å². The fourth-order valence-corrected chi connectivity index (χ4v) is 4.10. The van der Waals surface area contributed by atoms with Crippen LogP contribution in [0, 0.1) is 5.92 Å². The Kier molecular flexibility index (Phi) is 4.13. The highest BCUT2D eigenvalue weighted by Crippen LogP contribution is 2.41. The number of rotatable bonds is 2. The minimum Gasteiger partial charge on any atom is -0.388 e. The minimum atomic E-state index is -0.555. The predicted molar refractivity (Wildman–Crippen MR) is 82.7 cm³/mol. The molecule has 110 valence electrons. The third kappa shape index (κ3) is 2.64. The molecule has 0 aromatic heterocycles. The maximum atomic E-state index is 11.3. The van der Waals surface area contributed by atoms with Gasteiger partial charge in [0.25, 0.3) is 0 Å². The van der Waals surface area contributed by atoms with Crippen molar-refractivity contribution in [1.29, 1.82) is 0 Å².